The Morgan fingerprint density at radius 3 is 3.20 bits per heavy atom. The van der Waals surface area contributed by atoms with Crippen molar-refractivity contribution in [3.05, 3.63) is 24.1 Å². The Balaban J connectivity index is 1.86. The van der Waals surface area contributed by atoms with Crippen LogP contribution in [0.25, 0.3) is 0 Å². The molecule has 0 bridgehead atoms. The highest BCUT2D eigenvalue weighted by atomic mass is 19.1. The minimum absolute atomic E-state index is 0.274. The van der Waals surface area contributed by atoms with Crippen LogP contribution < -0.4 is 5.32 Å². The second-order valence-electron chi connectivity index (χ2n) is 4.13. The first kappa shape index (κ1) is 10.4. The van der Waals surface area contributed by atoms with E-state index in [0.29, 0.717) is 11.7 Å². The average Bonchev–Trinajstić information content (AvgIpc) is 2.63. The van der Waals surface area contributed by atoms with Gasteiger partial charge in [-0.25, -0.2) is 9.37 Å². The van der Waals surface area contributed by atoms with Gasteiger partial charge in [0.05, 0.1) is 0 Å². The molecular weight excluding hydrogens is 193 g/mol. The summed E-state index contributed by atoms with van der Waals surface area (Å²) in [4.78, 5) is 6.25. The highest BCUT2D eigenvalue weighted by Gasteiger charge is 2.19. The smallest absolute Gasteiger partial charge is 0.165 e. The van der Waals surface area contributed by atoms with Crippen LogP contribution in [0.3, 0.4) is 0 Å². The van der Waals surface area contributed by atoms with Gasteiger partial charge in [-0.2, -0.15) is 0 Å². The fraction of sp³-hybridized carbons (Fsp3) is 0.545. The lowest BCUT2D eigenvalue weighted by molar-refractivity contribution is 0.399. The third kappa shape index (κ3) is 2.65. The van der Waals surface area contributed by atoms with Crippen molar-refractivity contribution in [1.82, 2.24) is 9.88 Å². The summed E-state index contributed by atoms with van der Waals surface area (Å²) >= 11 is 0. The molecule has 0 saturated carbocycles. The molecule has 1 aliphatic heterocycles. The van der Waals surface area contributed by atoms with Crippen LogP contribution in [0.15, 0.2) is 18.3 Å². The van der Waals surface area contributed by atoms with Crippen molar-refractivity contribution in [3.63, 3.8) is 0 Å². The second-order valence-corrected chi connectivity index (χ2v) is 4.13. The van der Waals surface area contributed by atoms with Gasteiger partial charge in [0.2, 0.25) is 0 Å². The lowest BCUT2D eigenvalue weighted by Gasteiger charge is -2.12. The molecule has 2 rings (SSSR count). The van der Waals surface area contributed by atoms with E-state index >= 15 is 0 Å². The lowest BCUT2D eigenvalue weighted by Crippen LogP contribution is -2.19. The SMILES string of the molecule is CN1CCC(CNc2ncccc2F)C1. The van der Waals surface area contributed by atoms with Gasteiger partial charge < -0.3 is 10.2 Å². The number of hydrogen-bond donors (Lipinski definition) is 1. The van der Waals surface area contributed by atoms with Crippen molar-refractivity contribution in [2.75, 3.05) is 32.0 Å². The summed E-state index contributed by atoms with van der Waals surface area (Å²) in [6, 6.07) is 3.03. The zero-order chi connectivity index (χ0) is 10.7. The number of anilines is 1. The topological polar surface area (TPSA) is 28.2 Å². The maximum absolute atomic E-state index is 13.2. The van der Waals surface area contributed by atoms with E-state index in [-0.39, 0.29) is 5.82 Å². The summed E-state index contributed by atoms with van der Waals surface area (Å²) in [5.41, 5.74) is 0. The van der Waals surface area contributed by atoms with E-state index < -0.39 is 0 Å². The molecule has 0 aliphatic carbocycles. The molecule has 15 heavy (non-hydrogen) atoms. The number of nitrogens with one attached hydrogen (secondary N) is 1. The van der Waals surface area contributed by atoms with E-state index in [9.17, 15) is 4.39 Å². The fourth-order valence-electron chi connectivity index (χ4n) is 1.95. The Morgan fingerprint density at radius 1 is 1.67 bits per heavy atom. The van der Waals surface area contributed by atoms with Gasteiger partial charge in [-0.1, -0.05) is 0 Å². The molecule has 1 aromatic rings. The molecule has 0 aromatic carbocycles. The average molecular weight is 209 g/mol. The largest absolute Gasteiger partial charge is 0.367 e. The summed E-state index contributed by atoms with van der Waals surface area (Å²) in [5, 5.41) is 3.06. The van der Waals surface area contributed by atoms with Crippen molar-refractivity contribution in [3.8, 4) is 0 Å². The fourth-order valence-corrected chi connectivity index (χ4v) is 1.95. The summed E-state index contributed by atoms with van der Waals surface area (Å²) < 4.78 is 13.2. The zero-order valence-electron chi connectivity index (χ0n) is 8.91. The number of pyridine rings is 1. The van der Waals surface area contributed by atoms with Crippen molar-refractivity contribution in [1.29, 1.82) is 0 Å². The first-order valence-corrected chi connectivity index (χ1v) is 5.28. The number of hydrogen-bond acceptors (Lipinski definition) is 3. The molecule has 82 valence electrons. The zero-order valence-corrected chi connectivity index (χ0v) is 8.91. The Labute approximate surface area is 89.3 Å². The van der Waals surface area contributed by atoms with Gasteiger partial charge in [-0.05, 0) is 38.1 Å². The molecule has 1 aromatic heterocycles. The highest BCUT2D eigenvalue weighted by molar-refractivity contribution is 5.35. The van der Waals surface area contributed by atoms with Crippen LogP contribution >= 0.6 is 0 Å². The first-order chi connectivity index (χ1) is 7.25. The maximum Gasteiger partial charge on any atom is 0.165 e. The van der Waals surface area contributed by atoms with Crippen molar-refractivity contribution >= 4 is 5.82 Å². The number of likely N-dealkylation sites (tertiary alicyclic amines) is 1. The number of nitrogens with zero attached hydrogens (tertiary/aromatic N) is 2. The monoisotopic (exact) mass is 209 g/mol. The highest BCUT2D eigenvalue weighted by Crippen LogP contribution is 2.16. The number of aromatic nitrogens is 1. The van der Waals surface area contributed by atoms with Crippen LogP contribution in [-0.2, 0) is 0 Å². The van der Waals surface area contributed by atoms with E-state index in [2.05, 4.69) is 22.2 Å². The van der Waals surface area contributed by atoms with E-state index in [1.807, 2.05) is 0 Å². The van der Waals surface area contributed by atoms with Gasteiger partial charge in [-0.15, -0.1) is 0 Å². The minimum Gasteiger partial charge on any atom is -0.367 e. The van der Waals surface area contributed by atoms with E-state index in [4.69, 9.17) is 0 Å². The molecule has 1 saturated heterocycles. The predicted molar refractivity (Wildman–Crippen MR) is 58.3 cm³/mol. The number of rotatable bonds is 3. The molecule has 4 heteroatoms. The third-order valence-corrected chi connectivity index (χ3v) is 2.81. The van der Waals surface area contributed by atoms with Gasteiger partial charge in [0.25, 0.3) is 0 Å². The molecule has 1 N–H and O–H groups in total. The second kappa shape index (κ2) is 4.57. The Bertz CT molecular complexity index is 329. The van der Waals surface area contributed by atoms with Gasteiger partial charge in [0.15, 0.2) is 11.6 Å². The van der Waals surface area contributed by atoms with Crippen LogP contribution in [0.4, 0.5) is 10.2 Å². The predicted octanol–water partition coefficient (Wildman–Crippen LogP) is 1.58. The van der Waals surface area contributed by atoms with Crippen LogP contribution in [-0.4, -0.2) is 36.6 Å². The van der Waals surface area contributed by atoms with Crippen LogP contribution in [0.5, 0.6) is 0 Å². The molecular formula is C11H16FN3. The molecule has 3 nitrogen and oxygen atoms in total. The van der Waals surface area contributed by atoms with Gasteiger partial charge in [0, 0.05) is 19.3 Å². The minimum atomic E-state index is -0.274. The molecule has 0 radical (unpaired) electrons. The van der Waals surface area contributed by atoms with E-state index in [0.717, 1.165) is 19.6 Å². The normalized spacial score (nSPS) is 21.9. The van der Waals surface area contributed by atoms with Crippen LogP contribution in [0.2, 0.25) is 0 Å². The van der Waals surface area contributed by atoms with Crippen molar-refractivity contribution in [2.24, 2.45) is 5.92 Å². The van der Waals surface area contributed by atoms with E-state index in [1.54, 1.807) is 12.3 Å². The van der Waals surface area contributed by atoms with Crippen LogP contribution in [0.1, 0.15) is 6.42 Å². The van der Waals surface area contributed by atoms with E-state index in [1.165, 1.54) is 12.5 Å². The van der Waals surface area contributed by atoms with Crippen molar-refractivity contribution in [2.45, 2.75) is 6.42 Å². The van der Waals surface area contributed by atoms with Gasteiger partial charge >= 0.3 is 0 Å². The molecule has 0 amide bonds. The Hall–Kier alpha value is -1.16. The molecule has 1 fully saturated rings. The molecule has 2 heterocycles. The molecule has 1 unspecified atom stereocenters. The Morgan fingerprint density at radius 2 is 2.53 bits per heavy atom. The molecule has 0 spiro atoms. The Kier molecular flexibility index (Phi) is 3.16. The molecule has 1 aliphatic rings. The quantitative estimate of drug-likeness (QED) is 0.819. The first-order valence-electron chi connectivity index (χ1n) is 5.28. The van der Waals surface area contributed by atoms with Crippen LogP contribution in [0, 0.1) is 11.7 Å². The van der Waals surface area contributed by atoms with Gasteiger partial charge in [0.1, 0.15) is 0 Å². The standard InChI is InChI=1S/C11H16FN3/c1-15-6-4-9(8-15)7-14-11-10(12)3-2-5-13-11/h2-3,5,9H,4,6-8H2,1H3,(H,13,14). The summed E-state index contributed by atoms with van der Waals surface area (Å²) in [6.45, 7) is 3.02. The summed E-state index contributed by atoms with van der Waals surface area (Å²) in [5.74, 6) is 0.701. The number of halogens is 1. The maximum atomic E-state index is 13.2. The lowest BCUT2D eigenvalue weighted by atomic mass is 10.1. The third-order valence-electron chi connectivity index (χ3n) is 2.81. The summed E-state index contributed by atoms with van der Waals surface area (Å²) in [6.07, 6.45) is 2.78. The van der Waals surface area contributed by atoms with Gasteiger partial charge in [-0.3, -0.25) is 0 Å². The summed E-state index contributed by atoms with van der Waals surface area (Å²) in [7, 11) is 2.11. The van der Waals surface area contributed by atoms with Crippen molar-refractivity contribution < 1.29 is 4.39 Å². The molecule has 1 atom stereocenters.